The van der Waals surface area contributed by atoms with Crippen LogP contribution >= 0.6 is 0 Å². The lowest BCUT2D eigenvalue weighted by molar-refractivity contribution is 0.0918. The van der Waals surface area contributed by atoms with Gasteiger partial charge < -0.3 is 4.74 Å². The Labute approximate surface area is 122 Å². The van der Waals surface area contributed by atoms with Gasteiger partial charge in [-0.15, -0.1) is 0 Å². The predicted molar refractivity (Wildman–Crippen MR) is 76.6 cm³/mol. The van der Waals surface area contributed by atoms with Crippen molar-refractivity contribution in [3.8, 4) is 5.75 Å². The molecule has 2 rings (SSSR count). The van der Waals surface area contributed by atoms with Gasteiger partial charge in [-0.3, -0.25) is 4.79 Å². The van der Waals surface area contributed by atoms with Crippen molar-refractivity contribution >= 4 is 5.78 Å². The van der Waals surface area contributed by atoms with Crippen molar-refractivity contribution in [2.45, 2.75) is 19.8 Å². The van der Waals surface area contributed by atoms with Crippen LogP contribution in [0.3, 0.4) is 0 Å². The van der Waals surface area contributed by atoms with Gasteiger partial charge in [0.2, 0.25) is 5.82 Å². The molecule has 0 atom stereocenters. The molecular formula is C17H16F2O2. The van der Waals surface area contributed by atoms with Crippen LogP contribution in [0.25, 0.3) is 0 Å². The summed E-state index contributed by atoms with van der Waals surface area (Å²) < 4.78 is 31.4. The zero-order valence-electron chi connectivity index (χ0n) is 11.7. The Hall–Kier alpha value is -2.23. The summed E-state index contributed by atoms with van der Waals surface area (Å²) >= 11 is 0. The topological polar surface area (TPSA) is 26.3 Å². The standard InChI is InChI=1S/C17H16F2O2/c1-2-4-12-7-9-13(10-8-12)15(20)11-21-16-6-3-5-14(18)17(16)19/h3,5-10H,2,4,11H2,1H3. The fraction of sp³-hybridized carbons (Fsp3) is 0.235. The smallest absolute Gasteiger partial charge is 0.200 e. The first-order valence-corrected chi connectivity index (χ1v) is 6.80. The summed E-state index contributed by atoms with van der Waals surface area (Å²) in [5, 5.41) is 0. The van der Waals surface area contributed by atoms with Crippen LogP contribution in [0.4, 0.5) is 8.78 Å². The molecule has 0 saturated heterocycles. The van der Waals surface area contributed by atoms with E-state index < -0.39 is 11.6 Å². The summed E-state index contributed by atoms with van der Waals surface area (Å²) in [5.74, 6) is -2.61. The van der Waals surface area contributed by atoms with Gasteiger partial charge in [-0.1, -0.05) is 43.7 Å². The van der Waals surface area contributed by atoms with E-state index in [4.69, 9.17) is 4.74 Å². The molecule has 0 saturated carbocycles. The van der Waals surface area contributed by atoms with Crippen LogP contribution in [-0.4, -0.2) is 12.4 Å². The van der Waals surface area contributed by atoms with Crippen molar-refractivity contribution in [1.29, 1.82) is 0 Å². The second-order valence-electron chi connectivity index (χ2n) is 4.71. The Morgan fingerprint density at radius 2 is 1.81 bits per heavy atom. The number of halogens is 2. The van der Waals surface area contributed by atoms with E-state index >= 15 is 0 Å². The van der Waals surface area contributed by atoms with Gasteiger partial charge >= 0.3 is 0 Å². The molecule has 0 unspecified atom stereocenters. The highest BCUT2D eigenvalue weighted by molar-refractivity contribution is 5.97. The lowest BCUT2D eigenvalue weighted by atomic mass is 10.1. The van der Waals surface area contributed by atoms with Crippen LogP contribution in [0.15, 0.2) is 42.5 Å². The van der Waals surface area contributed by atoms with E-state index in [2.05, 4.69) is 6.92 Å². The quantitative estimate of drug-likeness (QED) is 0.746. The number of ketones is 1. The lowest BCUT2D eigenvalue weighted by Gasteiger charge is -2.07. The molecular weight excluding hydrogens is 274 g/mol. The summed E-state index contributed by atoms with van der Waals surface area (Å²) in [7, 11) is 0. The SMILES string of the molecule is CCCc1ccc(C(=O)COc2cccc(F)c2F)cc1. The second-order valence-corrected chi connectivity index (χ2v) is 4.71. The van der Waals surface area contributed by atoms with Crippen LogP contribution in [-0.2, 0) is 6.42 Å². The van der Waals surface area contributed by atoms with Crippen molar-refractivity contribution in [2.24, 2.45) is 0 Å². The molecule has 2 aromatic rings. The maximum atomic E-state index is 13.4. The Bertz CT molecular complexity index is 621. The van der Waals surface area contributed by atoms with Crippen molar-refractivity contribution in [3.05, 3.63) is 65.2 Å². The molecule has 21 heavy (non-hydrogen) atoms. The molecule has 0 spiro atoms. The number of benzene rings is 2. The fourth-order valence-corrected chi connectivity index (χ4v) is 1.97. The molecule has 0 fully saturated rings. The maximum absolute atomic E-state index is 13.4. The Morgan fingerprint density at radius 1 is 1.10 bits per heavy atom. The fourth-order valence-electron chi connectivity index (χ4n) is 1.97. The van der Waals surface area contributed by atoms with E-state index in [1.807, 2.05) is 12.1 Å². The van der Waals surface area contributed by atoms with Gasteiger partial charge in [0.1, 0.15) is 0 Å². The molecule has 0 aliphatic rings. The average molecular weight is 290 g/mol. The first kappa shape index (κ1) is 15.2. The van der Waals surface area contributed by atoms with Crippen LogP contribution in [0, 0.1) is 11.6 Å². The third kappa shape index (κ3) is 3.88. The number of rotatable bonds is 6. The number of Topliss-reactive ketones (excluding diaryl/α,β-unsaturated/α-hetero) is 1. The van der Waals surface area contributed by atoms with Gasteiger partial charge in [-0.25, -0.2) is 4.39 Å². The summed E-state index contributed by atoms with van der Waals surface area (Å²) in [6.45, 7) is 1.76. The molecule has 0 amide bonds. The van der Waals surface area contributed by atoms with Crippen LogP contribution in [0.1, 0.15) is 29.3 Å². The van der Waals surface area contributed by atoms with Crippen LogP contribution < -0.4 is 4.74 Å². The highest BCUT2D eigenvalue weighted by atomic mass is 19.2. The van der Waals surface area contributed by atoms with Gasteiger partial charge in [-0.05, 0) is 24.1 Å². The van der Waals surface area contributed by atoms with E-state index in [1.54, 1.807) is 12.1 Å². The highest BCUT2D eigenvalue weighted by Crippen LogP contribution is 2.19. The minimum absolute atomic E-state index is 0.258. The molecule has 0 N–H and O–H groups in total. The summed E-state index contributed by atoms with van der Waals surface area (Å²) in [4.78, 5) is 11.9. The molecule has 2 nitrogen and oxygen atoms in total. The van der Waals surface area contributed by atoms with Gasteiger partial charge in [0, 0.05) is 5.56 Å². The maximum Gasteiger partial charge on any atom is 0.200 e. The molecule has 4 heteroatoms. The number of ether oxygens (including phenoxy) is 1. The number of hydrogen-bond donors (Lipinski definition) is 0. The number of aryl methyl sites for hydroxylation is 1. The first-order chi connectivity index (χ1) is 10.1. The zero-order chi connectivity index (χ0) is 15.2. The third-order valence-corrected chi connectivity index (χ3v) is 3.09. The largest absolute Gasteiger partial charge is 0.482 e. The van der Waals surface area contributed by atoms with E-state index in [-0.39, 0.29) is 18.1 Å². The predicted octanol–water partition coefficient (Wildman–Crippen LogP) is 4.18. The third-order valence-electron chi connectivity index (χ3n) is 3.09. The van der Waals surface area contributed by atoms with Gasteiger partial charge in [0.15, 0.2) is 24.0 Å². The average Bonchev–Trinajstić information content (AvgIpc) is 2.49. The van der Waals surface area contributed by atoms with E-state index in [9.17, 15) is 13.6 Å². The van der Waals surface area contributed by atoms with E-state index in [1.165, 1.54) is 12.1 Å². The minimum Gasteiger partial charge on any atom is -0.482 e. The van der Waals surface area contributed by atoms with Gasteiger partial charge in [0.25, 0.3) is 0 Å². The van der Waals surface area contributed by atoms with Crippen molar-refractivity contribution in [1.82, 2.24) is 0 Å². The Kier molecular flexibility index (Phi) is 5.04. The summed E-state index contributed by atoms with van der Waals surface area (Å²) in [5.41, 5.74) is 1.65. The molecule has 0 aromatic heterocycles. The minimum atomic E-state index is -1.08. The molecule has 110 valence electrons. The van der Waals surface area contributed by atoms with E-state index in [0.29, 0.717) is 5.56 Å². The number of carbonyl (C=O) groups is 1. The summed E-state index contributed by atoms with van der Waals surface area (Å²) in [6.07, 6.45) is 1.99. The normalized spacial score (nSPS) is 10.4. The monoisotopic (exact) mass is 290 g/mol. The van der Waals surface area contributed by atoms with Gasteiger partial charge in [0.05, 0.1) is 0 Å². The number of carbonyl (C=O) groups excluding carboxylic acids is 1. The second kappa shape index (κ2) is 6.97. The van der Waals surface area contributed by atoms with Crippen LogP contribution in [0.5, 0.6) is 5.75 Å². The molecule has 0 radical (unpaired) electrons. The highest BCUT2D eigenvalue weighted by Gasteiger charge is 2.12. The summed E-state index contributed by atoms with van der Waals surface area (Å²) in [6, 6.07) is 10.8. The first-order valence-electron chi connectivity index (χ1n) is 6.80. The lowest BCUT2D eigenvalue weighted by Crippen LogP contribution is -2.12. The molecule has 0 aliphatic carbocycles. The Balaban J connectivity index is 1.99. The van der Waals surface area contributed by atoms with E-state index in [0.717, 1.165) is 24.5 Å². The molecule has 2 aromatic carbocycles. The van der Waals surface area contributed by atoms with Crippen molar-refractivity contribution < 1.29 is 18.3 Å². The number of hydrogen-bond acceptors (Lipinski definition) is 2. The van der Waals surface area contributed by atoms with Crippen molar-refractivity contribution in [2.75, 3.05) is 6.61 Å². The molecule has 0 heterocycles. The van der Waals surface area contributed by atoms with Crippen molar-refractivity contribution in [3.63, 3.8) is 0 Å². The Morgan fingerprint density at radius 3 is 2.48 bits per heavy atom. The van der Waals surface area contributed by atoms with Gasteiger partial charge in [-0.2, -0.15) is 4.39 Å². The zero-order valence-corrected chi connectivity index (χ0v) is 11.7. The van der Waals surface area contributed by atoms with Crippen LogP contribution in [0.2, 0.25) is 0 Å². The molecule has 0 aliphatic heterocycles. The molecule has 0 bridgehead atoms.